The Morgan fingerprint density at radius 1 is 0.258 bits per heavy atom. The highest BCUT2D eigenvalue weighted by Gasteiger charge is 2.30. The van der Waals surface area contributed by atoms with Gasteiger partial charge in [0.15, 0.2) is 12.2 Å². The summed E-state index contributed by atoms with van der Waals surface area (Å²) < 4.78 is 68.5. The van der Waals surface area contributed by atoms with Gasteiger partial charge in [-0.2, -0.15) is 0 Å². The summed E-state index contributed by atoms with van der Waals surface area (Å²) in [5, 5.41) is 10.6. The molecule has 5 atom stereocenters. The molecule has 0 heterocycles. The highest BCUT2D eigenvalue weighted by atomic mass is 31.2. The second-order valence-corrected chi connectivity index (χ2v) is 32.9. The van der Waals surface area contributed by atoms with Crippen LogP contribution in [0.4, 0.5) is 0 Å². The number of aliphatic hydroxyl groups excluding tert-OH is 1. The smallest absolute Gasteiger partial charge is 0.462 e. The number of ether oxygens (including phenoxy) is 4. The van der Waals surface area contributed by atoms with E-state index < -0.39 is 97.5 Å². The number of hydrogen-bond acceptors (Lipinski definition) is 15. The van der Waals surface area contributed by atoms with E-state index in [1.165, 1.54) is 193 Å². The van der Waals surface area contributed by atoms with E-state index in [4.69, 9.17) is 37.0 Å². The molecule has 0 aliphatic heterocycles. The molecule has 0 aromatic carbocycles. The maximum absolute atomic E-state index is 13.1. The molecule has 0 rings (SSSR count). The predicted octanol–water partition coefficient (Wildman–Crippen LogP) is 22.8. The van der Waals surface area contributed by atoms with Crippen molar-refractivity contribution in [3.05, 3.63) is 0 Å². The first kappa shape index (κ1) is 95.1. The second-order valence-electron chi connectivity index (χ2n) is 30.0. The zero-order chi connectivity index (χ0) is 71.7. The molecule has 0 aromatic heterocycles. The fourth-order valence-electron chi connectivity index (χ4n) is 11.9. The lowest BCUT2D eigenvalue weighted by Crippen LogP contribution is -2.30. The van der Waals surface area contributed by atoms with Crippen molar-refractivity contribution in [3.8, 4) is 0 Å². The third-order valence-corrected chi connectivity index (χ3v) is 20.0. The standard InChI is InChI=1S/C78H152O17P2/c1-68(2)54-46-38-30-24-20-16-12-9-10-14-18-22-26-33-42-50-58-75(80)88-64-73(95-78(83)61-53-45-35-29-28-32-40-48-56-70(5)6)66-92-96(84,85)90-62-72(79)63-91-97(86,87)93-67-74(65-89-76(81)59-51-43-37-36-41-49-57-71(7)8)94-77(82)60-52-44-34-27-23-19-15-11-13-17-21-25-31-39-47-55-69(3)4/h68-74,79H,9-67H2,1-8H3,(H,84,85)(H,86,87)/t72?,73-,74-/m1/s1. The summed E-state index contributed by atoms with van der Waals surface area (Å²) in [5.41, 5.74) is 0. The average Bonchev–Trinajstić information content (AvgIpc) is 1.27. The van der Waals surface area contributed by atoms with Crippen LogP contribution in [0, 0.1) is 23.7 Å². The highest BCUT2D eigenvalue weighted by Crippen LogP contribution is 2.45. The van der Waals surface area contributed by atoms with Crippen LogP contribution in [0.15, 0.2) is 0 Å². The van der Waals surface area contributed by atoms with Gasteiger partial charge in [-0.3, -0.25) is 37.3 Å². The Morgan fingerprint density at radius 3 is 0.639 bits per heavy atom. The number of phosphoric acid groups is 2. The number of carbonyl (C=O) groups excluding carboxylic acids is 4. The Balaban J connectivity index is 5.16. The molecule has 0 bridgehead atoms. The molecule has 0 amide bonds. The van der Waals surface area contributed by atoms with E-state index in [0.29, 0.717) is 31.6 Å². The quantitative estimate of drug-likeness (QED) is 0.0222. The summed E-state index contributed by atoms with van der Waals surface area (Å²) in [4.78, 5) is 72.8. The Hall–Kier alpha value is -1.94. The second kappa shape index (κ2) is 67.2. The molecule has 0 spiro atoms. The van der Waals surface area contributed by atoms with E-state index in [-0.39, 0.29) is 25.7 Å². The Labute approximate surface area is 594 Å². The molecule has 0 saturated carbocycles. The van der Waals surface area contributed by atoms with Crippen LogP contribution in [0.3, 0.4) is 0 Å². The van der Waals surface area contributed by atoms with Gasteiger partial charge in [-0.1, -0.05) is 344 Å². The molecule has 0 saturated heterocycles. The lowest BCUT2D eigenvalue weighted by atomic mass is 10.0. The van der Waals surface area contributed by atoms with Crippen LogP contribution in [0.2, 0.25) is 0 Å². The van der Waals surface area contributed by atoms with Gasteiger partial charge in [-0.05, 0) is 49.4 Å². The van der Waals surface area contributed by atoms with Crippen molar-refractivity contribution in [2.75, 3.05) is 39.6 Å². The van der Waals surface area contributed by atoms with Crippen LogP contribution >= 0.6 is 15.6 Å². The van der Waals surface area contributed by atoms with E-state index in [9.17, 15) is 43.2 Å². The van der Waals surface area contributed by atoms with Gasteiger partial charge in [0.1, 0.15) is 19.3 Å². The van der Waals surface area contributed by atoms with Gasteiger partial charge >= 0.3 is 39.5 Å². The Kier molecular flexibility index (Phi) is 65.9. The summed E-state index contributed by atoms with van der Waals surface area (Å²) in [6.07, 6.45) is 53.0. The molecule has 97 heavy (non-hydrogen) atoms. The van der Waals surface area contributed by atoms with E-state index >= 15 is 0 Å². The summed E-state index contributed by atoms with van der Waals surface area (Å²) in [6.45, 7) is 14.2. The van der Waals surface area contributed by atoms with Crippen molar-refractivity contribution in [2.45, 2.75) is 414 Å². The van der Waals surface area contributed by atoms with Crippen LogP contribution in [0.25, 0.3) is 0 Å². The van der Waals surface area contributed by atoms with E-state index in [1.54, 1.807) is 0 Å². The maximum Gasteiger partial charge on any atom is 0.472 e. The number of unbranched alkanes of at least 4 members (excludes halogenated alkanes) is 41. The molecule has 0 aliphatic carbocycles. The minimum absolute atomic E-state index is 0.104. The van der Waals surface area contributed by atoms with Gasteiger partial charge in [0.2, 0.25) is 0 Å². The van der Waals surface area contributed by atoms with E-state index in [2.05, 4.69) is 55.4 Å². The molecule has 3 N–H and O–H groups in total. The van der Waals surface area contributed by atoms with Crippen molar-refractivity contribution in [1.82, 2.24) is 0 Å². The largest absolute Gasteiger partial charge is 0.472 e. The van der Waals surface area contributed by atoms with E-state index in [0.717, 1.165) is 114 Å². The van der Waals surface area contributed by atoms with Crippen molar-refractivity contribution < 1.29 is 80.2 Å². The number of aliphatic hydroxyl groups is 1. The monoisotopic (exact) mass is 1420 g/mol. The molecule has 0 aromatic rings. The number of esters is 4. The normalized spacial score (nSPS) is 14.1. The number of rotatable bonds is 75. The van der Waals surface area contributed by atoms with Crippen molar-refractivity contribution in [3.63, 3.8) is 0 Å². The highest BCUT2D eigenvalue weighted by molar-refractivity contribution is 7.47. The first-order chi connectivity index (χ1) is 46.6. The van der Waals surface area contributed by atoms with Crippen molar-refractivity contribution >= 4 is 39.5 Å². The van der Waals surface area contributed by atoms with Gasteiger partial charge in [0.25, 0.3) is 0 Å². The van der Waals surface area contributed by atoms with Crippen LogP contribution < -0.4 is 0 Å². The van der Waals surface area contributed by atoms with Crippen molar-refractivity contribution in [1.29, 1.82) is 0 Å². The average molecular weight is 1420 g/mol. The topological polar surface area (TPSA) is 237 Å². The first-order valence-electron chi connectivity index (χ1n) is 40.2. The molecule has 576 valence electrons. The maximum atomic E-state index is 13.1. The molecule has 3 unspecified atom stereocenters. The van der Waals surface area contributed by atoms with Crippen LogP contribution in [0.1, 0.15) is 396 Å². The fraction of sp³-hybridized carbons (Fsp3) is 0.949. The summed E-state index contributed by atoms with van der Waals surface area (Å²) in [5.74, 6) is 0.891. The van der Waals surface area contributed by atoms with Gasteiger partial charge in [0.05, 0.1) is 26.4 Å². The van der Waals surface area contributed by atoms with Gasteiger partial charge in [-0.15, -0.1) is 0 Å². The van der Waals surface area contributed by atoms with Gasteiger partial charge in [0, 0.05) is 25.7 Å². The number of phosphoric ester groups is 2. The van der Waals surface area contributed by atoms with Crippen LogP contribution in [0.5, 0.6) is 0 Å². The third kappa shape index (κ3) is 72.2. The molecule has 0 radical (unpaired) electrons. The van der Waals surface area contributed by atoms with Gasteiger partial charge in [-0.25, -0.2) is 9.13 Å². The molecule has 17 nitrogen and oxygen atoms in total. The zero-order valence-corrected chi connectivity index (χ0v) is 65.5. The summed E-state index contributed by atoms with van der Waals surface area (Å²) in [7, 11) is -9.91. The molecule has 0 fully saturated rings. The van der Waals surface area contributed by atoms with Crippen LogP contribution in [-0.4, -0.2) is 96.7 Å². The lowest BCUT2D eigenvalue weighted by Gasteiger charge is -2.21. The predicted molar refractivity (Wildman–Crippen MR) is 395 cm³/mol. The number of carbonyl (C=O) groups is 4. The molecule has 0 aliphatic rings. The number of hydrogen-bond donors (Lipinski definition) is 3. The molecular weight excluding hydrogens is 1270 g/mol. The summed E-state index contributed by atoms with van der Waals surface area (Å²) in [6, 6.07) is 0. The minimum atomic E-state index is -4.96. The SMILES string of the molecule is CC(C)CCCCCCCCCCCCCCCCCCC(=O)OC[C@H](COP(=O)(O)OCC(O)COP(=O)(O)OC[C@@H](COC(=O)CCCCCCCCC(C)C)OC(=O)CCCCCCCCCCCCCCCCCC(C)C)OC(=O)CCCCCCCCCCC(C)C. The zero-order valence-electron chi connectivity index (χ0n) is 63.7. The van der Waals surface area contributed by atoms with Gasteiger partial charge < -0.3 is 33.8 Å². The molecular formula is C78H152O17P2. The van der Waals surface area contributed by atoms with Crippen LogP contribution in [-0.2, 0) is 65.4 Å². The lowest BCUT2D eigenvalue weighted by molar-refractivity contribution is -0.161. The fourth-order valence-corrected chi connectivity index (χ4v) is 13.5. The Bertz CT molecular complexity index is 1900. The first-order valence-corrected chi connectivity index (χ1v) is 43.2. The molecule has 19 heteroatoms. The summed E-state index contributed by atoms with van der Waals surface area (Å²) >= 11 is 0. The Morgan fingerprint density at radius 2 is 0.433 bits per heavy atom. The third-order valence-electron chi connectivity index (χ3n) is 18.1. The minimum Gasteiger partial charge on any atom is -0.462 e. The van der Waals surface area contributed by atoms with E-state index in [1.807, 2.05) is 0 Å². The van der Waals surface area contributed by atoms with Crippen molar-refractivity contribution in [2.24, 2.45) is 23.7 Å².